The van der Waals surface area contributed by atoms with E-state index in [9.17, 15) is 12.8 Å². The molecule has 6 heteroatoms. The second kappa shape index (κ2) is 5.54. The molecular formula is C14H13BrFNO2S. The van der Waals surface area contributed by atoms with Crippen molar-refractivity contribution in [2.45, 2.75) is 18.7 Å². The van der Waals surface area contributed by atoms with E-state index in [-0.39, 0.29) is 4.90 Å². The van der Waals surface area contributed by atoms with Gasteiger partial charge < -0.3 is 0 Å². The Kier molecular flexibility index (Phi) is 4.15. The minimum absolute atomic E-state index is 0.107. The molecule has 0 aliphatic heterocycles. The molecular weight excluding hydrogens is 345 g/mol. The van der Waals surface area contributed by atoms with Crippen LogP contribution < -0.4 is 4.72 Å². The van der Waals surface area contributed by atoms with Gasteiger partial charge in [-0.15, -0.1) is 0 Å². The molecule has 2 aromatic rings. The van der Waals surface area contributed by atoms with Gasteiger partial charge in [-0.25, -0.2) is 12.8 Å². The Morgan fingerprint density at radius 1 is 1.15 bits per heavy atom. The van der Waals surface area contributed by atoms with Crippen LogP contribution in [0.2, 0.25) is 0 Å². The van der Waals surface area contributed by atoms with E-state index in [1.165, 1.54) is 18.2 Å². The van der Waals surface area contributed by atoms with Crippen LogP contribution in [-0.4, -0.2) is 8.42 Å². The molecule has 3 nitrogen and oxygen atoms in total. The van der Waals surface area contributed by atoms with Crippen LogP contribution in [0, 0.1) is 19.7 Å². The van der Waals surface area contributed by atoms with Gasteiger partial charge in [-0.05, 0) is 65.2 Å². The fraction of sp³-hybridized carbons (Fsp3) is 0.143. The van der Waals surface area contributed by atoms with Crippen molar-refractivity contribution >= 4 is 31.6 Å². The molecule has 0 saturated heterocycles. The fourth-order valence-corrected chi connectivity index (χ4v) is 3.96. The predicted molar refractivity (Wildman–Crippen MR) is 80.8 cm³/mol. The Morgan fingerprint density at radius 3 is 2.45 bits per heavy atom. The summed E-state index contributed by atoms with van der Waals surface area (Å²) in [6.07, 6.45) is 0. The Balaban J connectivity index is 2.44. The topological polar surface area (TPSA) is 46.2 Å². The van der Waals surface area contributed by atoms with Crippen LogP contribution in [0.4, 0.5) is 10.1 Å². The second-order valence-corrected chi connectivity index (χ2v) is 7.04. The first-order valence-corrected chi connectivity index (χ1v) is 8.12. The zero-order chi connectivity index (χ0) is 14.9. The molecule has 20 heavy (non-hydrogen) atoms. The normalized spacial score (nSPS) is 11.4. The number of halogens is 2. The Labute approximate surface area is 126 Å². The molecule has 0 spiro atoms. The van der Waals surface area contributed by atoms with Crippen molar-refractivity contribution in [3.05, 3.63) is 57.8 Å². The van der Waals surface area contributed by atoms with Gasteiger partial charge in [-0.2, -0.15) is 0 Å². The SMILES string of the molecule is Cc1cc(C)c(NS(=O)(=O)c2cccc(F)c2)c(Br)c1. The maximum absolute atomic E-state index is 13.1. The Morgan fingerprint density at radius 2 is 1.85 bits per heavy atom. The van der Waals surface area contributed by atoms with Crippen molar-refractivity contribution < 1.29 is 12.8 Å². The summed E-state index contributed by atoms with van der Waals surface area (Å²) >= 11 is 3.34. The molecule has 1 N–H and O–H groups in total. The van der Waals surface area contributed by atoms with Crippen LogP contribution in [0.1, 0.15) is 11.1 Å². The minimum atomic E-state index is -3.81. The van der Waals surface area contributed by atoms with Crippen LogP contribution in [-0.2, 0) is 10.0 Å². The lowest BCUT2D eigenvalue weighted by atomic mass is 10.1. The molecule has 106 valence electrons. The molecule has 0 saturated carbocycles. The summed E-state index contributed by atoms with van der Waals surface area (Å²) in [7, 11) is -3.81. The first-order valence-electron chi connectivity index (χ1n) is 5.85. The van der Waals surface area contributed by atoms with E-state index in [1.807, 2.05) is 19.1 Å². The van der Waals surface area contributed by atoms with E-state index in [2.05, 4.69) is 20.7 Å². The highest BCUT2D eigenvalue weighted by Crippen LogP contribution is 2.29. The molecule has 0 aliphatic carbocycles. The maximum atomic E-state index is 13.1. The van der Waals surface area contributed by atoms with E-state index < -0.39 is 15.8 Å². The molecule has 2 rings (SSSR count). The monoisotopic (exact) mass is 357 g/mol. The molecule has 0 heterocycles. The molecule has 0 fully saturated rings. The number of anilines is 1. The van der Waals surface area contributed by atoms with Gasteiger partial charge in [0.1, 0.15) is 5.82 Å². The summed E-state index contributed by atoms with van der Waals surface area (Å²) in [5, 5.41) is 0. The summed E-state index contributed by atoms with van der Waals surface area (Å²) < 4.78 is 40.8. The van der Waals surface area contributed by atoms with Gasteiger partial charge in [0.05, 0.1) is 10.6 Å². The van der Waals surface area contributed by atoms with Gasteiger partial charge in [0, 0.05) is 4.47 Å². The van der Waals surface area contributed by atoms with Crippen LogP contribution in [0.15, 0.2) is 45.8 Å². The number of aryl methyl sites for hydroxylation is 2. The second-order valence-electron chi connectivity index (χ2n) is 4.50. The molecule has 0 unspecified atom stereocenters. The van der Waals surface area contributed by atoms with Crippen LogP contribution in [0.25, 0.3) is 0 Å². The smallest absolute Gasteiger partial charge is 0.262 e. The minimum Gasteiger partial charge on any atom is -0.278 e. The Hall–Kier alpha value is -1.40. The molecule has 0 bridgehead atoms. The highest BCUT2D eigenvalue weighted by atomic mass is 79.9. The van der Waals surface area contributed by atoms with E-state index in [4.69, 9.17) is 0 Å². The summed E-state index contributed by atoms with van der Waals surface area (Å²) in [4.78, 5) is -0.107. The lowest BCUT2D eigenvalue weighted by Gasteiger charge is -2.13. The Bertz CT molecular complexity index is 737. The van der Waals surface area contributed by atoms with Gasteiger partial charge in [0.2, 0.25) is 0 Å². The number of hydrogen-bond acceptors (Lipinski definition) is 2. The number of rotatable bonds is 3. The number of nitrogens with one attached hydrogen (secondary N) is 1. The first-order chi connectivity index (χ1) is 9.29. The van der Waals surface area contributed by atoms with Gasteiger partial charge in [0.25, 0.3) is 10.0 Å². The van der Waals surface area contributed by atoms with Gasteiger partial charge in [0.15, 0.2) is 0 Å². The van der Waals surface area contributed by atoms with E-state index in [0.717, 1.165) is 17.2 Å². The van der Waals surface area contributed by atoms with Crippen molar-refractivity contribution in [2.24, 2.45) is 0 Å². The quantitative estimate of drug-likeness (QED) is 0.901. The molecule has 0 radical (unpaired) electrons. The molecule has 0 aromatic heterocycles. The van der Waals surface area contributed by atoms with Crippen LogP contribution in [0.5, 0.6) is 0 Å². The van der Waals surface area contributed by atoms with Crippen LogP contribution >= 0.6 is 15.9 Å². The lowest BCUT2D eigenvalue weighted by Crippen LogP contribution is -2.14. The van der Waals surface area contributed by atoms with Crippen molar-refractivity contribution in [2.75, 3.05) is 4.72 Å². The zero-order valence-electron chi connectivity index (χ0n) is 10.9. The van der Waals surface area contributed by atoms with Gasteiger partial charge in [-0.3, -0.25) is 4.72 Å². The highest BCUT2D eigenvalue weighted by molar-refractivity contribution is 9.10. The summed E-state index contributed by atoms with van der Waals surface area (Å²) in [6, 6.07) is 8.58. The van der Waals surface area contributed by atoms with Crippen molar-refractivity contribution in [3.63, 3.8) is 0 Å². The fourth-order valence-electron chi connectivity index (χ4n) is 1.87. The molecule has 0 amide bonds. The third-order valence-corrected chi connectivity index (χ3v) is 4.75. The van der Waals surface area contributed by atoms with Crippen LogP contribution in [0.3, 0.4) is 0 Å². The zero-order valence-corrected chi connectivity index (χ0v) is 13.3. The molecule has 0 atom stereocenters. The van der Waals surface area contributed by atoms with E-state index in [0.29, 0.717) is 10.2 Å². The summed E-state index contributed by atoms with van der Waals surface area (Å²) in [5.74, 6) is -0.590. The third-order valence-electron chi connectivity index (χ3n) is 2.77. The number of sulfonamides is 1. The predicted octanol–water partition coefficient (Wildman–Crippen LogP) is 4.01. The van der Waals surface area contributed by atoms with E-state index >= 15 is 0 Å². The van der Waals surface area contributed by atoms with E-state index in [1.54, 1.807) is 6.92 Å². The summed E-state index contributed by atoms with van der Waals surface area (Å²) in [5.41, 5.74) is 2.26. The number of benzene rings is 2. The maximum Gasteiger partial charge on any atom is 0.262 e. The van der Waals surface area contributed by atoms with Gasteiger partial charge in [-0.1, -0.05) is 12.1 Å². The standard InChI is InChI=1S/C14H13BrFNO2S/c1-9-6-10(2)14(13(15)7-9)17-20(18,19)12-5-3-4-11(16)8-12/h3-8,17H,1-2H3. The lowest BCUT2D eigenvalue weighted by molar-refractivity contribution is 0.595. The third kappa shape index (κ3) is 3.19. The largest absolute Gasteiger partial charge is 0.278 e. The summed E-state index contributed by atoms with van der Waals surface area (Å²) in [6.45, 7) is 3.73. The first kappa shape index (κ1) is 15.0. The van der Waals surface area contributed by atoms with Crippen molar-refractivity contribution in [1.82, 2.24) is 0 Å². The van der Waals surface area contributed by atoms with Gasteiger partial charge >= 0.3 is 0 Å². The average Bonchev–Trinajstić information content (AvgIpc) is 2.34. The van der Waals surface area contributed by atoms with Crippen molar-refractivity contribution in [1.29, 1.82) is 0 Å². The highest BCUT2D eigenvalue weighted by Gasteiger charge is 2.17. The average molecular weight is 358 g/mol. The molecule has 0 aliphatic rings. The molecule has 2 aromatic carbocycles. The number of hydrogen-bond donors (Lipinski definition) is 1. The van der Waals surface area contributed by atoms with Crippen molar-refractivity contribution in [3.8, 4) is 0 Å².